The Hall–Kier alpha value is -3.57. The molecule has 0 spiro atoms. The van der Waals surface area contributed by atoms with Gasteiger partial charge in [0.1, 0.15) is 0 Å². The van der Waals surface area contributed by atoms with E-state index in [4.69, 9.17) is 0 Å². The van der Waals surface area contributed by atoms with Crippen molar-refractivity contribution in [3.05, 3.63) is 82.9 Å². The number of carbonyl (C=O) groups is 1. The summed E-state index contributed by atoms with van der Waals surface area (Å²) in [4.78, 5) is 19.5. The quantitative estimate of drug-likeness (QED) is 0.231. The van der Waals surface area contributed by atoms with E-state index in [0.717, 1.165) is 27.0 Å². The molecule has 0 saturated carbocycles. The van der Waals surface area contributed by atoms with Gasteiger partial charge in [0.2, 0.25) is 0 Å². The molecule has 8 nitrogen and oxygen atoms in total. The fraction of sp³-hybridized carbons (Fsp3) is 0.0833. The number of hydrazine groups is 1. The number of sulfonamides is 1. The highest BCUT2D eigenvalue weighted by Gasteiger charge is 2.27. The van der Waals surface area contributed by atoms with Crippen LogP contribution in [-0.4, -0.2) is 31.0 Å². The summed E-state index contributed by atoms with van der Waals surface area (Å²) in [5.74, 6) is -0.197. The Labute approximate surface area is 200 Å². The number of fused-ring (bicyclic) bond motifs is 3. The first-order valence-electron chi connectivity index (χ1n) is 10.4. The van der Waals surface area contributed by atoms with E-state index in [-0.39, 0.29) is 17.4 Å². The minimum atomic E-state index is -3.77. The normalized spacial score (nSPS) is 14.4. The van der Waals surface area contributed by atoms with E-state index in [1.165, 1.54) is 23.5 Å². The lowest BCUT2D eigenvalue weighted by Crippen LogP contribution is -2.30. The highest BCUT2D eigenvalue weighted by Crippen LogP contribution is 2.40. The van der Waals surface area contributed by atoms with E-state index in [9.17, 15) is 18.3 Å². The molecule has 4 N–H and O–H groups in total. The standard InChI is InChI=1S/C24H20N4O4S2/c29-11-10-16-12-15(6-7-19(16)27-28-34(31,32)17-4-2-1-3-5-17)13-18-22-20(26-24(18)30)8-9-21-23(22)33-14-25-21/h1-9,12-14,27-29H,10-11H2,(H,26,30)/b18-13-. The predicted octanol–water partition coefficient (Wildman–Crippen LogP) is 3.63. The molecule has 172 valence electrons. The summed E-state index contributed by atoms with van der Waals surface area (Å²) in [5.41, 5.74) is 9.39. The van der Waals surface area contributed by atoms with Gasteiger partial charge in [0.25, 0.3) is 15.9 Å². The van der Waals surface area contributed by atoms with Crippen LogP contribution in [0.2, 0.25) is 0 Å². The molecule has 0 bridgehead atoms. The number of rotatable bonds is 7. The maximum absolute atomic E-state index is 12.7. The van der Waals surface area contributed by atoms with Crippen molar-refractivity contribution in [3.63, 3.8) is 0 Å². The number of nitrogens with zero attached hydrogens (tertiary/aromatic N) is 1. The number of hydrogen-bond donors (Lipinski definition) is 4. The van der Waals surface area contributed by atoms with Crippen molar-refractivity contribution in [1.82, 2.24) is 9.82 Å². The van der Waals surface area contributed by atoms with E-state index in [0.29, 0.717) is 23.2 Å². The van der Waals surface area contributed by atoms with Crippen LogP contribution in [-0.2, 0) is 21.2 Å². The molecule has 2 heterocycles. The van der Waals surface area contributed by atoms with Crippen LogP contribution < -0.4 is 15.6 Å². The second kappa shape index (κ2) is 8.99. The van der Waals surface area contributed by atoms with Crippen molar-refractivity contribution in [3.8, 4) is 0 Å². The second-order valence-electron chi connectivity index (χ2n) is 7.63. The lowest BCUT2D eigenvalue weighted by Gasteiger charge is -2.14. The van der Waals surface area contributed by atoms with Crippen LogP contribution in [0, 0.1) is 0 Å². The summed E-state index contributed by atoms with van der Waals surface area (Å²) in [6.45, 7) is -0.120. The Bertz CT molecular complexity index is 1530. The molecule has 4 aromatic rings. The van der Waals surface area contributed by atoms with Crippen LogP contribution in [0.3, 0.4) is 0 Å². The zero-order valence-corrected chi connectivity index (χ0v) is 19.4. The topological polar surface area (TPSA) is 120 Å². The molecule has 1 aliphatic rings. The summed E-state index contributed by atoms with van der Waals surface area (Å²) in [6, 6.07) is 17.1. The van der Waals surface area contributed by atoms with Crippen LogP contribution >= 0.6 is 11.3 Å². The Kier molecular flexibility index (Phi) is 5.88. The third-order valence-corrected chi connectivity index (χ3v) is 7.58. The molecule has 0 unspecified atom stereocenters. The molecule has 0 radical (unpaired) electrons. The predicted molar refractivity (Wildman–Crippen MR) is 134 cm³/mol. The van der Waals surface area contributed by atoms with Gasteiger partial charge in [-0.05, 0) is 60.0 Å². The first-order chi connectivity index (χ1) is 16.5. The smallest absolute Gasteiger partial charge is 0.257 e. The Balaban J connectivity index is 1.46. The summed E-state index contributed by atoms with van der Waals surface area (Å²) in [5, 5.41) is 12.4. The number of aromatic nitrogens is 1. The van der Waals surface area contributed by atoms with Crippen LogP contribution in [0.5, 0.6) is 0 Å². The molecule has 1 aromatic heterocycles. The van der Waals surface area contributed by atoms with Crippen molar-refractivity contribution in [2.75, 3.05) is 17.3 Å². The lowest BCUT2D eigenvalue weighted by molar-refractivity contribution is -0.110. The fourth-order valence-electron chi connectivity index (χ4n) is 3.84. The Morgan fingerprint density at radius 3 is 2.71 bits per heavy atom. The number of aliphatic hydroxyl groups is 1. The lowest BCUT2D eigenvalue weighted by atomic mass is 10.0. The van der Waals surface area contributed by atoms with Gasteiger partial charge in [0, 0.05) is 12.2 Å². The van der Waals surface area contributed by atoms with E-state index in [2.05, 4.69) is 20.6 Å². The van der Waals surface area contributed by atoms with Crippen molar-refractivity contribution in [2.45, 2.75) is 11.3 Å². The third kappa shape index (κ3) is 4.19. The molecule has 0 fully saturated rings. The molecule has 1 amide bonds. The number of thiazole rings is 1. The minimum Gasteiger partial charge on any atom is -0.396 e. The van der Waals surface area contributed by atoms with Crippen molar-refractivity contribution in [1.29, 1.82) is 0 Å². The van der Waals surface area contributed by atoms with Crippen LogP contribution in [0.1, 0.15) is 16.7 Å². The molecule has 5 rings (SSSR count). The fourth-order valence-corrected chi connectivity index (χ4v) is 5.57. The molecule has 3 aromatic carbocycles. The largest absolute Gasteiger partial charge is 0.396 e. The van der Waals surface area contributed by atoms with E-state index in [1.807, 2.05) is 18.2 Å². The van der Waals surface area contributed by atoms with Gasteiger partial charge < -0.3 is 15.8 Å². The Morgan fingerprint density at radius 2 is 1.91 bits per heavy atom. The number of aliphatic hydroxyl groups excluding tert-OH is 1. The maximum atomic E-state index is 12.7. The number of carbonyl (C=O) groups excluding carboxylic acids is 1. The Morgan fingerprint density at radius 1 is 1.09 bits per heavy atom. The van der Waals surface area contributed by atoms with Gasteiger partial charge in [-0.25, -0.2) is 13.4 Å². The van der Waals surface area contributed by atoms with Gasteiger partial charge in [-0.2, -0.15) is 0 Å². The minimum absolute atomic E-state index is 0.120. The van der Waals surface area contributed by atoms with Crippen LogP contribution in [0.15, 0.2) is 71.1 Å². The molecule has 0 aliphatic carbocycles. The van der Waals surface area contributed by atoms with E-state index < -0.39 is 10.0 Å². The van der Waals surface area contributed by atoms with Crippen molar-refractivity contribution >= 4 is 60.5 Å². The number of hydrogen-bond acceptors (Lipinski definition) is 7. The summed E-state index contributed by atoms with van der Waals surface area (Å²) < 4.78 is 26.0. The molecule has 10 heteroatoms. The average Bonchev–Trinajstić information content (AvgIpc) is 3.43. The van der Waals surface area contributed by atoms with Crippen LogP contribution in [0.4, 0.5) is 11.4 Å². The molecular weight excluding hydrogens is 472 g/mol. The first kappa shape index (κ1) is 22.2. The number of nitrogens with one attached hydrogen (secondary N) is 3. The van der Waals surface area contributed by atoms with E-state index in [1.54, 1.807) is 41.9 Å². The number of anilines is 2. The monoisotopic (exact) mass is 492 g/mol. The zero-order valence-electron chi connectivity index (χ0n) is 17.8. The summed E-state index contributed by atoms with van der Waals surface area (Å²) in [7, 11) is -3.77. The number of amides is 1. The molecule has 0 saturated heterocycles. The summed E-state index contributed by atoms with van der Waals surface area (Å²) >= 11 is 1.48. The van der Waals surface area contributed by atoms with Crippen molar-refractivity contribution < 1.29 is 18.3 Å². The van der Waals surface area contributed by atoms with Crippen LogP contribution in [0.25, 0.3) is 21.9 Å². The molecule has 1 aliphatic heterocycles. The van der Waals surface area contributed by atoms with Gasteiger partial charge >= 0.3 is 0 Å². The second-order valence-corrected chi connectivity index (χ2v) is 10.2. The van der Waals surface area contributed by atoms with Gasteiger partial charge in [-0.3, -0.25) is 4.79 Å². The third-order valence-electron chi connectivity index (χ3n) is 5.46. The molecule has 0 atom stereocenters. The SMILES string of the molecule is O=C1Nc2ccc3ncsc3c2/C1=C/c1ccc(NNS(=O)(=O)c2ccccc2)c(CCO)c1. The van der Waals surface area contributed by atoms with E-state index >= 15 is 0 Å². The highest BCUT2D eigenvalue weighted by atomic mass is 32.2. The van der Waals surface area contributed by atoms with Gasteiger partial charge in [-0.15, -0.1) is 16.2 Å². The first-order valence-corrected chi connectivity index (χ1v) is 12.8. The average molecular weight is 493 g/mol. The number of benzene rings is 3. The highest BCUT2D eigenvalue weighted by molar-refractivity contribution is 7.89. The van der Waals surface area contributed by atoms with Gasteiger partial charge in [-0.1, -0.05) is 24.3 Å². The van der Waals surface area contributed by atoms with Gasteiger partial charge in [0.05, 0.1) is 37.6 Å². The molecule has 34 heavy (non-hydrogen) atoms. The summed E-state index contributed by atoms with van der Waals surface area (Å²) in [6.07, 6.45) is 2.09. The van der Waals surface area contributed by atoms with Gasteiger partial charge in [0.15, 0.2) is 0 Å². The zero-order chi connectivity index (χ0) is 23.7. The van der Waals surface area contributed by atoms with Crippen molar-refractivity contribution in [2.24, 2.45) is 0 Å². The molecular formula is C24H20N4O4S2. The maximum Gasteiger partial charge on any atom is 0.257 e.